The van der Waals surface area contributed by atoms with Crippen molar-refractivity contribution in [3.8, 4) is 0 Å². The number of rotatable bonds is 4. The largest absolute Gasteiger partial charge is 0.271 e. The highest BCUT2D eigenvalue weighted by Gasteiger charge is 2.16. The van der Waals surface area contributed by atoms with E-state index in [9.17, 15) is 0 Å². The van der Waals surface area contributed by atoms with Gasteiger partial charge in [0.1, 0.15) is 0 Å². The van der Waals surface area contributed by atoms with Crippen molar-refractivity contribution in [1.29, 1.82) is 0 Å². The van der Waals surface area contributed by atoms with Crippen molar-refractivity contribution >= 4 is 11.6 Å². The van der Waals surface area contributed by atoms with E-state index in [1.165, 1.54) is 11.1 Å². The number of hydrazine groups is 1. The second-order valence-electron chi connectivity index (χ2n) is 6.39. The van der Waals surface area contributed by atoms with Crippen LogP contribution in [0.15, 0.2) is 48.5 Å². The number of nitrogens with one attached hydrogen (secondary N) is 1. The number of hydrogen-bond donors (Lipinski definition) is 2. The Bertz CT molecular complexity index is 585. The molecule has 0 saturated carbocycles. The van der Waals surface area contributed by atoms with E-state index in [2.05, 4.69) is 50.5 Å². The summed E-state index contributed by atoms with van der Waals surface area (Å²) < 4.78 is 0. The van der Waals surface area contributed by atoms with E-state index in [0.29, 0.717) is 0 Å². The predicted octanol–water partition coefficient (Wildman–Crippen LogP) is 4.38. The fourth-order valence-electron chi connectivity index (χ4n) is 2.37. The van der Waals surface area contributed by atoms with E-state index in [0.717, 1.165) is 17.0 Å². The lowest BCUT2D eigenvalue weighted by Crippen LogP contribution is -2.29. The predicted molar refractivity (Wildman–Crippen MR) is 90.4 cm³/mol. The van der Waals surface area contributed by atoms with Crippen molar-refractivity contribution in [2.24, 2.45) is 5.84 Å². The highest BCUT2D eigenvalue weighted by atomic mass is 35.5. The van der Waals surface area contributed by atoms with Gasteiger partial charge in [0.2, 0.25) is 0 Å². The number of halogens is 1. The van der Waals surface area contributed by atoms with Crippen LogP contribution in [0.5, 0.6) is 0 Å². The van der Waals surface area contributed by atoms with E-state index in [-0.39, 0.29) is 11.5 Å². The van der Waals surface area contributed by atoms with Crippen molar-refractivity contribution < 1.29 is 0 Å². The van der Waals surface area contributed by atoms with Gasteiger partial charge in [-0.15, -0.1) is 0 Å². The average Bonchev–Trinajstić information content (AvgIpc) is 2.46. The molecule has 0 aromatic heterocycles. The van der Waals surface area contributed by atoms with Crippen LogP contribution < -0.4 is 11.3 Å². The first-order chi connectivity index (χ1) is 9.91. The molecule has 0 saturated heterocycles. The molecule has 21 heavy (non-hydrogen) atoms. The molecule has 2 rings (SSSR count). The Morgan fingerprint density at radius 2 is 1.67 bits per heavy atom. The number of hydrogen-bond acceptors (Lipinski definition) is 2. The van der Waals surface area contributed by atoms with Gasteiger partial charge < -0.3 is 0 Å². The quantitative estimate of drug-likeness (QED) is 0.649. The molecule has 0 aliphatic heterocycles. The van der Waals surface area contributed by atoms with Crippen LogP contribution in [0.25, 0.3) is 0 Å². The summed E-state index contributed by atoms with van der Waals surface area (Å²) in [7, 11) is 0. The molecule has 3 heteroatoms. The maximum absolute atomic E-state index is 6.23. The molecule has 2 nitrogen and oxygen atoms in total. The minimum atomic E-state index is 0.0546. The first-order valence-corrected chi connectivity index (χ1v) is 7.59. The van der Waals surface area contributed by atoms with Gasteiger partial charge in [-0.2, -0.15) is 0 Å². The smallest absolute Gasteiger partial charge is 0.0500 e. The molecule has 112 valence electrons. The molecule has 2 aromatic rings. The molecule has 0 amide bonds. The Morgan fingerprint density at radius 3 is 2.19 bits per heavy atom. The lowest BCUT2D eigenvalue weighted by atomic mass is 9.86. The molecule has 1 unspecified atom stereocenters. The van der Waals surface area contributed by atoms with Gasteiger partial charge in [0.15, 0.2) is 0 Å². The fraction of sp³-hybridized carbons (Fsp3) is 0.333. The molecule has 0 heterocycles. The highest BCUT2D eigenvalue weighted by molar-refractivity contribution is 6.31. The minimum absolute atomic E-state index is 0.0546. The summed E-state index contributed by atoms with van der Waals surface area (Å²) in [5, 5.41) is 0.782. The topological polar surface area (TPSA) is 38.0 Å². The molecule has 0 aliphatic rings. The molecular formula is C18H23ClN2. The summed E-state index contributed by atoms with van der Waals surface area (Å²) in [5.41, 5.74) is 6.64. The summed E-state index contributed by atoms with van der Waals surface area (Å²) in [6, 6.07) is 16.6. The zero-order valence-electron chi connectivity index (χ0n) is 12.9. The normalized spacial score (nSPS) is 13.2. The fourth-order valence-corrected chi connectivity index (χ4v) is 2.59. The van der Waals surface area contributed by atoms with Gasteiger partial charge in [-0.25, -0.2) is 0 Å². The third-order valence-electron chi connectivity index (χ3n) is 3.76. The lowest BCUT2D eigenvalue weighted by molar-refractivity contribution is 0.549. The molecule has 0 spiro atoms. The van der Waals surface area contributed by atoms with Crippen LogP contribution in [0.4, 0.5) is 0 Å². The lowest BCUT2D eigenvalue weighted by Gasteiger charge is -2.21. The second kappa shape index (κ2) is 6.61. The Morgan fingerprint density at radius 1 is 1.05 bits per heavy atom. The van der Waals surface area contributed by atoms with E-state index in [4.69, 9.17) is 17.4 Å². The second-order valence-corrected chi connectivity index (χ2v) is 6.79. The van der Waals surface area contributed by atoms with Gasteiger partial charge in [0, 0.05) is 5.02 Å². The van der Waals surface area contributed by atoms with Crippen molar-refractivity contribution in [2.45, 2.75) is 38.6 Å². The van der Waals surface area contributed by atoms with Gasteiger partial charge >= 0.3 is 0 Å². The van der Waals surface area contributed by atoms with Gasteiger partial charge in [-0.3, -0.25) is 11.3 Å². The molecule has 0 fully saturated rings. The van der Waals surface area contributed by atoms with Crippen LogP contribution in [-0.2, 0) is 11.8 Å². The summed E-state index contributed by atoms with van der Waals surface area (Å²) in [5.74, 6) is 5.73. The third-order valence-corrected chi connectivity index (χ3v) is 4.13. The van der Waals surface area contributed by atoms with Crippen molar-refractivity contribution in [1.82, 2.24) is 5.43 Å². The number of benzene rings is 2. The molecule has 0 radical (unpaired) electrons. The summed E-state index contributed by atoms with van der Waals surface area (Å²) in [6.45, 7) is 6.64. The molecule has 0 aliphatic carbocycles. The zero-order valence-corrected chi connectivity index (χ0v) is 13.6. The Labute approximate surface area is 132 Å². The van der Waals surface area contributed by atoms with Crippen LogP contribution in [-0.4, -0.2) is 0 Å². The van der Waals surface area contributed by atoms with Gasteiger partial charge in [0.25, 0.3) is 0 Å². The maximum Gasteiger partial charge on any atom is 0.0500 e. The minimum Gasteiger partial charge on any atom is -0.271 e. The van der Waals surface area contributed by atoms with E-state index < -0.39 is 0 Å². The monoisotopic (exact) mass is 302 g/mol. The van der Waals surface area contributed by atoms with Crippen LogP contribution in [0.3, 0.4) is 0 Å². The van der Waals surface area contributed by atoms with Crippen molar-refractivity contribution in [2.75, 3.05) is 0 Å². The molecule has 1 atom stereocenters. The Hall–Kier alpha value is -1.35. The molecular weight excluding hydrogens is 280 g/mol. The van der Waals surface area contributed by atoms with E-state index in [1.807, 2.05) is 24.3 Å². The van der Waals surface area contributed by atoms with E-state index in [1.54, 1.807) is 0 Å². The molecule has 0 bridgehead atoms. The van der Waals surface area contributed by atoms with E-state index >= 15 is 0 Å². The van der Waals surface area contributed by atoms with Crippen molar-refractivity contribution in [3.63, 3.8) is 0 Å². The van der Waals surface area contributed by atoms with Crippen LogP contribution in [0.2, 0.25) is 5.02 Å². The summed E-state index contributed by atoms with van der Waals surface area (Å²) in [4.78, 5) is 0. The average molecular weight is 303 g/mol. The Balaban J connectivity index is 2.20. The third kappa shape index (κ3) is 4.07. The van der Waals surface area contributed by atoms with Crippen molar-refractivity contribution in [3.05, 3.63) is 70.2 Å². The van der Waals surface area contributed by atoms with Crippen LogP contribution in [0.1, 0.15) is 43.5 Å². The first kappa shape index (κ1) is 16.0. The first-order valence-electron chi connectivity index (χ1n) is 7.22. The Kier molecular flexibility index (Phi) is 5.04. The summed E-state index contributed by atoms with van der Waals surface area (Å²) in [6.07, 6.45) is 0.769. The van der Waals surface area contributed by atoms with Gasteiger partial charge in [-0.1, -0.05) is 74.8 Å². The van der Waals surface area contributed by atoms with Crippen LogP contribution in [0, 0.1) is 0 Å². The SMILES string of the molecule is CC(C)(C)c1ccc(C(Cc2ccccc2Cl)NN)cc1. The summed E-state index contributed by atoms with van der Waals surface area (Å²) >= 11 is 6.23. The van der Waals surface area contributed by atoms with Gasteiger partial charge in [-0.05, 0) is 34.6 Å². The molecule has 3 N–H and O–H groups in total. The molecule has 2 aromatic carbocycles. The standard InChI is InChI=1S/C18H23ClN2/c1-18(2,3)15-10-8-13(9-11-15)17(21-20)12-14-6-4-5-7-16(14)19/h4-11,17,21H,12,20H2,1-3H3. The highest BCUT2D eigenvalue weighted by Crippen LogP contribution is 2.26. The maximum atomic E-state index is 6.23. The number of nitrogens with two attached hydrogens (primary N) is 1. The zero-order chi connectivity index (χ0) is 15.5. The van der Waals surface area contributed by atoms with Gasteiger partial charge in [0.05, 0.1) is 6.04 Å². The van der Waals surface area contributed by atoms with Crippen LogP contribution >= 0.6 is 11.6 Å².